The molecule has 15 heavy (non-hydrogen) atoms. The van der Waals surface area contributed by atoms with Gasteiger partial charge in [0.15, 0.2) is 0 Å². The standard InChI is InChI=1S/C9H11FN2O3/c1-6(5-13)11-8-2-7(10)3-9(4-8)12(14)15/h2-4,6,11,13H,5H2,1H3. The van der Waals surface area contributed by atoms with E-state index < -0.39 is 10.7 Å². The Morgan fingerprint density at radius 2 is 2.27 bits per heavy atom. The molecule has 0 saturated carbocycles. The number of nitrogens with zero attached hydrogens (tertiary/aromatic N) is 1. The van der Waals surface area contributed by atoms with Crippen LogP contribution in [0, 0.1) is 15.9 Å². The van der Waals surface area contributed by atoms with E-state index in [1.807, 2.05) is 0 Å². The lowest BCUT2D eigenvalue weighted by molar-refractivity contribution is -0.385. The van der Waals surface area contributed by atoms with Crippen LogP contribution in [-0.4, -0.2) is 22.7 Å². The number of benzene rings is 1. The van der Waals surface area contributed by atoms with Crippen molar-refractivity contribution >= 4 is 11.4 Å². The summed E-state index contributed by atoms with van der Waals surface area (Å²) in [5, 5.41) is 21.9. The molecule has 0 bridgehead atoms. The van der Waals surface area contributed by atoms with E-state index in [1.165, 1.54) is 6.07 Å². The number of rotatable bonds is 4. The number of halogens is 1. The Morgan fingerprint density at radius 1 is 1.60 bits per heavy atom. The molecule has 1 unspecified atom stereocenters. The van der Waals surface area contributed by atoms with Gasteiger partial charge in [-0.2, -0.15) is 0 Å². The first kappa shape index (κ1) is 11.4. The van der Waals surface area contributed by atoms with Crippen molar-refractivity contribution in [3.8, 4) is 0 Å². The van der Waals surface area contributed by atoms with Crippen LogP contribution in [-0.2, 0) is 0 Å². The summed E-state index contributed by atoms with van der Waals surface area (Å²) in [6.45, 7) is 1.54. The van der Waals surface area contributed by atoms with Crippen molar-refractivity contribution in [3.05, 3.63) is 34.1 Å². The smallest absolute Gasteiger partial charge is 0.274 e. The van der Waals surface area contributed by atoms with Crippen LogP contribution in [0.3, 0.4) is 0 Å². The van der Waals surface area contributed by atoms with Crippen LogP contribution in [0.25, 0.3) is 0 Å². The lowest BCUT2D eigenvalue weighted by Gasteiger charge is -2.11. The first-order valence-electron chi connectivity index (χ1n) is 4.35. The van der Waals surface area contributed by atoms with Gasteiger partial charge in [0.2, 0.25) is 0 Å². The zero-order valence-electron chi connectivity index (χ0n) is 8.11. The maximum absolute atomic E-state index is 12.9. The quantitative estimate of drug-likeness (QED) is 0.588. The minimum absolute atomic E-state index is 0.135. The van der Waals surface area contributed by atoms with Gasteiger partial charge in [0, 0.05) is 17.8 Å². The molecule has 0 saturated heterocycles. The Labute approximate surface area is 85.7 Å². The van der Waals surface area contributed by atoms with E-state index in [1.54, 1.807) is 6.92 Å². The molecule has 5 nitrogen and oxygen atoms in total. The molecule has 0 aliphatic carbocycles. The van der Waals surface area contributed by atoms with Crippen molar-refractivity contribution in [1.29, 1.82) is 0 Å². The van der Waals surface area contributed by atoms with Crippen LogP contribution < -0.4 is 5.32 Å². The molecule has 82 valence electrons. The fraction of sp³-hybridized carbons (Fsp3) is 0.333. The van der Waals surface area contributed by atoms with Gasteiger partial charge in [-0.3, -0.25) is 10.1 Å². The predicted molar refractivity (Wildman–Crippen MR) is 53.2 cm³/mol. The first-order valence-corrected chi connectivity index (χ1v) is 4.35. The van der Waals surface area contributed by atoms with E-state index in [0.717, 1.165) is 12.1 Å². The van der Waals surface area contributed by atoms with Crippen molar-refractivity contribution in [2.45, 2.75) is 13.0 Å². The summed E-state index contributed by atoms with van der Waals surface area (Å²) >= 11 is 0. The number of non-ortho nitro benzene ring substituents is 1. The van der Waals surface area contributed by atoms with Gasteiger partial charge in [0.1, 0.15) is 5.82 Å². The Kier molecular flexibility index (Phi) is 3.56. The normalized spacial score (nSPS) is 12.2. The van der Waals surface area contributed by atoms with E-state index in [0.29, 0.717) is 0 Å². The molecule has 2 N–H and O–H groups in total. The molecule has 0 amide bonds. The predicted octanol–water partition coefficient (Wildman–Crippen LogP) is 1.53. The Hall–Kier alpha value is -1.69. The molecule has 0 spiro atoms. The molecule has 0 aliphatic heterocycles. The average molecular weight is 214 g/mol. The summed E-state index contributed by atoms with van der Waals surface area (Å²) in [5.74, 6) is -0.683. The topological polar surface area (TPSA) is 75.4 Å². The van der Waals surface area contributed by atoms with Crippen molar-refractivity contribution in [3.63, 3.8) is 0 Å². The second-order valence-electron chi connectivity index (χ2n) is 3.18. The number of nitro groups is 1. The lowest BCUT2D eigenvalue weighted by atomic mass is 10.2. The van der Waals surface area contributed by atoms with E-state index in [2.05, 4.69) is 5.32 Å². The van der Waals surface area contributed by atoms with Crippen molar-refractivity contribution in [2.75, 3.05) is 11.9 Å². The molecular weight excluding hydrogens is 203 g/mol. The fourth-order valence-corrected chi connectivity index (χ4v) is 1.09. The largest absolute Gasteiger partial charge is 0.394 e. The summed E-state index contributed by atoms with van der Waals surface area (Å²) in [5.41, 5.74) is -0.0362. The molecule has 1 aromatic carbocycles. The first-order chi connectivity index (χ1) is 7.02. The van der Waals surface area contributed by atoms with E-state index in [4.69, 9.17) is 5.11 Å². The molecule has 0 aromatic heterocycles. The number of nitrogens with one attached hydrogen (secondary N) is 1. The summed E-state index contributed by atoms with van der Waals surface area (Å²) in [4.78, 5) is 9.75. The molecule has 1 rings (SSSR count). The van der Waals surface area contributed by atoms with Crippen LogP contribution in [0.5, 0.6) is 0 Å². The van der Waals surface area contributed by atoms with Gasteiger partial charge in [0.05, 0.1) is 17.6 Å². The van der Waals surface area contributed by atoms with Crippen molar-refractivity contribution < 1.29 is 14.4 Å². The van der Waals surface area contributed by atoms with Gasteiger partial charge in [-0.1, -0.05) is 0 Å². The number of anilines is 1. The van der Waals surface area contributed by atoms with E-state index in [-0.39, 0.29) is 24.0 Å². The molecular formula is C9H11FN2O3. The number of hydrogen-bond donors (Lipinski definition) is 2. The molecule has 0 fully saturated rings. The zero-order valence-corrected chi connectivity index (χ0v) is 8.11. The highest BCUT2D eigenvalue weighted by atomic mass is 19.1. The highest BCUT2D eigenvalue weighted by Crippen LogP contribution is 2.20. The Bertz CT molecular complexity index is 370. The maximum Gasteiger partial charge on any atom is 0.274 e. The number of hydrogen-bond acceptors (Lipinski definition) is 4. The SMILES string of the molecule is CC(CO)Nc1cc(F)cc([N+](=O)[O-])c1. The zero-order chi connectivity index (χ0) is 11.4. The molecule has 1 atom stereocenters. The lowest BCUT2D eigenvalue weighted by Crippen LogP contribution is -2.19. The number of aliphatic hydroxyl groups excluding tert-OH is 1. The van der Waals surface area contributed by atoms with Gasteiger partial charge in [-0.05, 0) is 13.0 Å². The van der Waals surface area contributed by atoms with Crippen LogP contribution in [0.15, 0.2) is 18.2 Å². The van der Waals surface area contributed by atoms with Crippen LogP contribution in [0.1, 0.15) is 6.92 Å². The molecule has 0 radical (unpaired) electrons. The van der Waals surface area contributed by atoms with Gasteiger partial charge in [-0.25, -0.2) is 4.39 Å². The molecule has 0 aliphatic rings. The molecule has 0 heterocycles. The van der Waals surface area contributed by atoms with Crippen molar-refractivity contribution in [1.82, 2.24) is 0 Å². The summed E-state index contributed by atoms with van der Waals surface area (Å²) in [6.07, 6.45) is 0. The van der Waals surface area contributed by atoms with Crippen LogP contribution in [0.4, 0.5) is 15.8 Å². The molecule has 1 aromatic rings. The minimum atomic E-state index is -0.683. The van der Waals surface area contributed by atoms with Gasteiger partial charge in [0.25, 0.3) is 5.69 Å². The summed E-state index contributed by atoms with van der Waals surface area (Å²) < 4.78 is 12.9. The Morgan fingerprint density at radius 3 is 2.80 bits per heavy atom. The van der Waals surface area contributed by atoms with Gasteiger partial charge in [-0.15, -0.1) is 0 Å². The fourth-order valence-electron chi connectivity index (χ4n) is 1.09. The highest BCUT2D eigenvalue weighted by molar-refractivity contribution is 5.52. The number of nitro benzene ring substituents is 1. The maximum atomic E-state index is 12.9. The van der Waals surface area contributed by atoms with Gasteiger partial charge < -0.3 is 10.4 Å². The average Bonchev–Trinajstić information content (AvgIpc) is 2.16. The summed E-state index contributed by atoms with van der Waals surface area (Å²) in [7, 11) is 0. The monoisotopic (exact) mass is 214 g/mol. The third kappa shape index (κ3) is 3.17. The van der Waals surface area contributed by atoms with Gasteiger partial charge >= 0.3 is 0 Å². The minimum Gasteiger partial charge on any atom is -0.394 e. The van der Waals surface area contributed by atoms with E-state index in [9.17, 15) is 14.5 Å². The highest BCUT2D eigenvalue weighted by Gasteiger charge is 2.10. The second kappa shape index (κ2) is 4.70. The summed E-state index contributed by atoms with van der Waals surface area (Å²) in [6, 6.07) is 2.91. The second-order valence-corrected chi connectivity index (χ2v) is 3.18. The van der Waals surface area contributed by atoms with Crippen molar-refractivity contribution in [2.24, 2.45) is 0 Å². The number of aliphatic hydroxyl groups is 1. The van der Waals surface area contributed by atoms with E-state index >= 15 is 0 Å². The van der Waals surface area contributed by atoms with Crippen LogP contribution in [0.2, 0.25) is 0 Å². The van der Waals surface area contributed by atoms with Crippen LogP contribution >= 0.6 is 0 Å². The molecule has 6 heteroatoms. The Balaban J connectivity index is 2.93. The third-order valence-electron chi connectivity index (χ3n) is 1.78. The third-order valence-corrected chi connectivity index (χ3v) is 1.78.